The first-order valence-corrected chi connectivity index (χ1v) is 7.39. The van der Waals surface area contributed by atoms with Crippen LogP contribution in [0.4, 0.5) is 0 Å². The average molecular weight is 315 g/mol. The van der Waals surface area contributed by atoms with Gasteiger partial charge in [-0.25, -0.2) is 0 Å². The molecule has 0 aromatic heterocycles. The van der Waals surface area contributed by atoms with Crippen LogP contribution in [0, 0.1) is 5.92 Å². The molecule has 3 atom stereocenters. The summed E-state index contributed by atoms with van der Waals surface area (Å²) in [6, 6.07) is 8.14. The Morgan fingerprint density at radius 1 is 1.35 bits per heavy atom. The van der Waals surface area contributed by atoms with Gasteiger partial charge in [0.25, 0.3) is 0 Å². The highest BCUT2D eigenvalue weighted by Crippen LogP contribution is 2.49. The Morgan fingerprint density at radius 3 is 2.85 bits per heavy atom. The fraction of sp³-hybridized carbons (Fsp3) is 0.533. The summed E-state index contributed by atoms with van der Waals surface area (Å²) in [5.74, 6) is 0.616. The number of carbonyl (C=O) groups excluding carboxylic acids is 1. The van der Waals surface area contributed by atoms with E-state index in [0.29, 0.717) is 12.0 Å². The van der Waals surface area contributed by atoms with Crippen molar-refractivity contribution in [3.63, 3.8) is 0 Å². The van der Waals surface area contributed by atoms with Crippen molar-refractivity contribution in [2.45, 2.75) is 31.2 Å². The SMILES string of the molecule is Cl.O=C(N[C@H]1CCCNC1)C1CC1c1ccccc1Cl. The minimum Gasteiger partial charge on any atom is -0.352 e. The third kappa shape index (κ3) is 3.46. The van der Waals surface area contributed by atoms with Crippen molar-refractivity contribution in [3.8, 4) is 0 Å². The maximum atomic E-state index is 12.2. The molecule has 110 valence electrons. The Bertz CT molecular complexity index is 475. The molecule has 0 bridgehead atoms. The molecule has 0 spiro atoms. The van der Waals surface area contributed by atoms with Gasteiger partial charge in [-0.05, 0) is 43.4 Å². The van der Waals surface area contributed by atoms with E-state index in [9.17, 15) is 4.79 Å². The lowest BCUT2D eigenvalue weighted by Crippen LogP contribution is -2.46. The van der Waals surface area contributed by atoms with Crippen molar-refractivity contribution in [1.82, 2.24) is 10.6 Å². The van der Waals surface area contributed by atoms with Crippen LogP contribution >= 0.6 is 24.0 Å². The van der Waals surface area contributed by atoms with Crippen LogP contribution in [-0.2, 0) is 4.79 Å². The summed E-state index contributed by atoms with van der Waals surface area (Å²) in [5, 5.41) is 7.25. The topological polar surface area (TPSA) is 41.1 Å². The first-order chi connectivity index (χ1) is 9.25. The summed E-state index contributed by atoms with van der Waals surface area (Å²) in [7, 11) is 0. The van der Waals surface area contributed by atoms with E-state index in [-0.39, 0.29) is 24.2 Å². The summed E-state index contributed by atoms with van der Waals surface area (Å²) in [6.45, 7) is 1.97. The number of amides is 1. The second-order valence-corrected chi connectivity index (χ2v) is 5.93. The maximum Gasteiger partial charge on any atom is 0.224 e. The van der Waals surface area contributed by atoms with Crippen LogP contribution in [-0.4, -0.2) is 25.0 Å². The van der Waals surface area contributed by atoms with Crippen molar-refractivity contribution < 1.29 is 4.79 Å². The summed E-state index contributed by atoms with van der Waals surface area (Å²) in [5.41, 5.74) is 1.12. The van der Waals surface area contributed by atoms with Crippen molar-refractivity contribution in [1.29, 1.82) is 0 Å². The van der Waals surface area contributed by atoms with Crippen molar-refractivity contribution in [2.24, 2.45) is 5.92 Å². The molecule has 2 aliphatic rings. The van der Waals surface area contributed by atoms with Gasteiger partial charge in [0.1, 0.15) is 0 Å². The lowest BCUT2D eigenvalue weighted by atomic mass is 10.1. The van der Waals surface area contributed by atoms with Crippen LogP contribution in [0.3, 0.4) is 0 Å². The standard InChI is InChI=1S/C15H19ClN2O.ClH/c16-14-6-2-1-5-11(14)12-8-13(12)15(19)18-10-4-3-7-17-9-10;/h1-2,5-6,10,12-13,17H,3-4,7-9H2,(H,18,19);1H/t10-,12?,13?;/m0./s1. The molecule has 3 rings (SSSR count). The Kier molecular flexibility index (Phi) is 5.30. The largest absolute Gasteiger partial charge is 0.352 e. The first kappa shape index (κ1) is 15.6. The van der Waals surface area contributed by atoms with E-state index in [0.717, 1.165) is 42.9 Å². The second kappa shape index (κ2) is 6.79. The van der Waals surface area contributed by atoms with Crippen LogP contribution < -0.4 is 10.6 Å². The fourth-order valence-corrected chi connectivity index (χ4v) is 3.16. The molecule has 1 heterocycles. The van der Waals surface area contributed by atoms with E-state index < -0.39 is 0 Å². The Hall–Kier alpha value is -0.770. The lowest BCUT2D eigenvalue weighted by Gasteiger charge is -2.23. The number of carbonyl (C=O) groups is 1. The molecule has 2 unspecified atom stereocenters. The third-order valence-electron chi connectivity index (χ3n) is 4.08. The minimum absolute atomic E-state index is 0. The zero-order valence-corrected chi connectivity index (χ0v) is 12.8. The van der Waals surface area contributed by atoms with Crippen LogP contribution in [0.5, 0.6) is 0 Å². The quantitative estimate of drug-likeness (QED) is 0.900. The molecule has 3 nitrogen and oxygen atoms in total. The predicted octanol–water partition coefficient (Wildman–Crippen LogP) is 2.73. The van der Waals surface area contributed by atoms with Crippen molar-refractivity contribution >= 4 is 29.9 Å². The number of piperidine rings is 1. The number of hydrogen-bond acceptors (Lipinski definition) is 2. The van der Waals surface area contributed by atoms with Gasteiger partial charge in [0.05, 0.1) is 0 Å². The zero-order chi connectivity index (χ0) is 13.2. The Balaban J connectivity index is 0.00000147. The van der Waals surface area contributed by atoms with Gasteiger partial charge in [0.15, 0.2) is 0 Å². The van der Waals surface area contributed by atoms with Crippen molar-refractivity contribution in [2.75, 3.05) is 13.1 Å². The van der Waals surface area contributed by atoms with E-state index in [1.165, 1.54) is 0 Å². The van der Waals surface area contributed by atoms with Gasteiger partial charge in [-0.2, -0.15) is 0 Å². The van der Waals surface area contributed by atoms with Crippen LogP contribution in [0.15, 0.2) is 24.3 Å². The predicted molar refractivity (Wildman–Crippen MR) is 83.6 cm³/mol. The van der Waals surface area contributed by atoms with Crippen LogP contribution in [0.2, 0.25) is 5.02 Å². The average Bonchev–Trinajstić information content (AvgIpc) is 3.21. The van der Waals surface area contributed by atoms with Crippen LogP contribution in [0.1, 0.15) is 30.7 Å². The van der Waals surface area contributed by atoms with E-state index in [4.69, 9.17) is 11.6 Å². The molecule has 20 heavy (non-hydrogen) atoms. The van der Waals surface area contributed by atoms with Gasteiger partial charge < -0.3 is 10.6 Å². The molecule has 5 heteroatoms. The number of hydrogen-bond donors (Lipinski definition) is 2. The van der Waals surface area contributed by atoms with Gasteiger partial charge in [-0.15, -0.1) is 12.4 Å². The highest BCUT2D eigenvalue weighted by molar-refractivity contribution is 6.31. The molecular formula is C15H20Cl2N2O. The van der Waals surface area contributed by atoms with Crippen molar-refractivity contribution in [3.05, 3.63) is 34.9 Å². The van der Waals surface area contributed by atoms with E-state index in [1.54, 1.807) is 0 Å². The Morgan fingerprint density at radius 2 is 2.15 bits per heavy atom. The summed E-state index contributed by atoms with van der Waals surface area (Å²) >= 11 is 6.18. The third-order valence-corrected chi connectivity index (χ3v) is 4.42. The summed E-state index contributed by atoms with van der Waals surface area (Å²) in [4.78, 5) is 12.2. The minimum atomic E-state index is 0. The second-order valence-electron chi connectivity index (χ2n) is 5.52. The van der Waals surface area contributed by atoms with Gasteiger partial charge in [0, 0.05) is 23.5 Å². The zero-order valence-electron chi connectivity index (χ0n) is 11.3. The maximum absolute atomic E-state index is 12.2. The van der Waals surface area contributed by atoms with Gasteiger partial charge in [-0.1, -0.05) is 29.8 Å². The highest BCUT2D eigenvalue weighted by Gasteiger charge is 2.45. The van der Waals surface area contributed by atoms with Gasteiger partial charge in [0.2, 0.25) is 5.91 Å². The molecule has 1 aliphatic carbocycles. The normalized spacial score (nSPS) is 28.4. The molecule has 2 N–H and O–H groups in total. The number of rotatable bonds is 3. The molecular weight excluding hydrogens is 295 g/mol. The molecule has 1 aliphatic heterocycles. The molecule has 1 saturated carbocycles. The van der Waals surface area contributed by atoms with Crippen LogP contribution in [0.25, 0.3) is 0 Å². The van der Waals surface area contributed by atoms with Gasteiger partial charge >= 0.3 is 0 Å². The van der Waals surface area contributed by atoms with E-state index in [1.807, 2.05) is 24.3 Å². The molecule has 0 radical (unpaired) electrons. The molecule has 1 aromatic carbocycles. The number of benzene rings is 1. The van der Waals surface area contributed by atoms with Gasteiger partial charge in [-0.3, -0.25) is 4.79 Å². The summed E-state index contributed by atoms with van der Waals surface area (Å²) in [6.07, 6.45) is 3.15. The summed E-state index contributed by atoms with van der Waals surface area (Å²) < 4.78 is 0. The van der Waals surface area contributed by atoms with E-state index >= 15 is 0 Å². The number of nitrogens with one attached hydrogen (secondary N) is 2. The molecule has 1 aromatic rings. The highest BCUT2D eigenvalue weighted by atomic mass is 35.5. The smallest absolute Gasteiger partial charge is 0.224 e. The van der Waals surface area contributed by atoms with E-state index in [2.05, 4.69) is 10.6 Å². The fourth-order valence-electron chi connectivity index (χ4n) is 2.89. The number of halogens is 2. The molecule has 2 fully saturated rings. The molecule has 1 amide bonds. The lowest BCUT2D eigenvalue weighted by molar-refractivity contribution is -0.123. The monoisotopic (exact) mass is 314 g/mol. The Labute approximate surface area is 130 Å². The molecule has 1 saturated heterocycles. The first-order valence-electron chi connectivity index (χ1n) is 7.01.